The fraction of sp³-hybridized carbons (Fsp3) is 0.429. The van der Waals surface area contributed by atoms with Gasteiger partial charge in [-0.3, -0.25) is 14.9 Å². The van der Waals surface area contributed by atoms with E-state index < -0.39 is 17.0 Å². The first-order valence-electron chi connectivity index (χ1n) is 6.83. The molecule has 0 N–H and O–H groups in total. The topological polar surface area (TPSA) is 99.0 Å². The van der Waals surface area contributed by atoms with Gasteiger partial charge < -0.3 is 14.4 Å². The molecule has 0 bridgehead atoms. The minimum absolute atomic E-state index is 0.0753. The van der Waals surface area contributed by atoms with E-state index in [0.717, 1.165) is 12.8 Å². The summed E-state index contributed by atoms with van der Waals surface area (Å²) in [4.78, 5) is 34.5. The lowest BCUT2D eigenvalue weighted by Crippen LogP contribution is -2.40. The van der Waals surface area contributed by atoms with Crippen LogP contribution in [0.15, 0.2) is 24.3 Å². The number of hydrogen-bond acceptors (Lipinski definition) is 6. The van der Waals surface area contributed by atoms with Crippen LogP contribution in [0.4, 0.5) is 10.5 Å². The van der Waals surface area contributed by atoms with E-state index in [1.165, 1.54) is 36.1 Å². The maximum atomic E-state index is 12.1. The lowest BCUT2D eigenvalue weighted by Gasteiger charge is -2.23. The molecule has 1 aromatic rings. The number of benzene rings is 1. The molecular formula is C14H16N2O6. The number of carbonyl (C=O) groups is 2. The Balaban J connectivity index is 1.95. The number of hydrogen-bond donors (Lipinski definition) is 0. The second-order valence-corrected chi connectivity index (χ2v) is 4.91. The Morgan fingerprint density at radius 1 is 1.36 bits per heavy atom. The van der Waals surface area contributed by atoms with Gasteiger partial charge in [-0.1, -0.05) is 0 Å². The Hall–Kier alpha value is -2.64. The van der Waals surface area contributed by atoms with Crippen molar-refractivity contribution in [3.63, 3.8) is 0 Å². The van der Waals surface area contributed by atoms with Crippen molar-refractivity contribution in [2.24, 2.45) is 0 Å². The summed E-state index contributed by atoms with van der Waals surface area (Å²) >= 11 is 0. The number of esters is 1. The van der Waals surface area contributed by atoms with Gasteiger partial charge in [-0.05, 0) is 25.0 Å². The van der Waals surface area contributed by atoms with Crippen LogP contribution in [-0.4, -0.2) is 41.1 Å². The smallest absolute Gasteiger partial charge is 0.415 e. The summed E-state index contributed by atoms with van der Waals surface area (Å²) in [6.07, 6.45) is 0.993. The number of likely N-dealkylation sites (tertiary alicyclic amines) is 1. The zero-order valence-corrected chi connectivity index (χ0v) is 12.1. The number of nitrogens with zero attached hydrogens (tertiary/aromatic N) is 2. The average Bonchev–Trinajstić information content (AvgIpc) is 2.94. The third kappa shape index (κ3) is 3.94. The van der Waals surface area contributed by atoms with Gasteiger partial charge in [0.25, 0.3) is 5.69 Å². The minimum Gasteiger partial charge on any atom is -0.464 e. The van der Waals surface area contributed by atoms with Gasteiger partial charge in [0.05, 0.1) is 11.0 Å². The molecule has 8 nitrogen and oxygen atoms in total. The zero-order chi connectivity index (χ0) is 16.1. The fourth-order valence-electron chi connectivity index (χ4n) is 2.26. The van der Waals surface area contributed by atoms with Gasteiger partial charge >= 0.3 is 12.1 Å². The Morgan fingerprint density at radius 2 is 2.05 bits per heavy atom. The van der Waals surface area contributed by atoms with Crippen LogP contribution >= 0.6 is 0 Å². The second kappa shape index (κ2) is 6.88. The highest BCUT2D eigenvalue weighted by atomic mass is 16.6. The van der Waals surface area contributed by atoms with Crippen LogP contribution in [0.25, 0.3) is 0 Å². The molecule has 0 radical (unpaired) electrons. The molecule has 1 saturated heterocycles. The monoisotopic (exact) mass is 308 g/mol. The number of rotatable bonds is 4. The van der Waals surface area contributed by atoms with Gasteiger partial charge in [-0.15, -0.1) is 0 Å². The summed E-state index contributed by atoms with van der Waals surface area (Å²) in [5.74, 6) is -0.163. The van der Waals surface area contributed by atoms with E-state index in [2.05, 4.69) is 0 Å². The van der Waals surface area contributed by atoms with E-state index in [4.69, 9.17) is 9.47 Å². The maximum absolute atomic E-state index is 12.1. The van der Waals surface area contributed by atoms with Gasteiger partial charge in [0.2, 0.25) is 0 Å². The standard InChI is InChI=1S/C14H16N2O6/c1-10(17)21-9-12-3-2-8-15(12)14(18)22-13-6-4-11(5-7-13)16(19)20/h4-7,12H,2-3,8-9H2,1H3. The van der Waals surface area contributed by atoms with E-state index in [1.807, 2.05) is 0 Å². The van der Waals surface area contributed by atoms with Crippen molar-refractivity contribution in [3.05, 3.63) is 34.4 Å². The normalized spacial score (nSPS) is 17.1. The number of nitro groups is 1. The van der Waals surface area contributed by atoms with Gasteiger partial charge in [0, 0.05) is 25.6 Å². The van der Waals surface area contributed by atoms with E-state index in [-0.39, 0.29) is 24.1 Å². The summed E-state index contributed by atoms with van der Waals surface area (Å²) in [6, 6.07) is 5.07. The average molecular weight is 308 g/mol. The Labute approximate surface area is 126 Å². The molecule has 2 rings (SSSR count). The van der Waals surface area contributed by atoms with Crippen molar-refractivity contribution in [2.75, 3.05) is 13.2 Å². The molecule has 0 aromatic heterocycles. The number of amides is 1. The molecular weight excluding hydrogens is 292 g/mol. The number of ether oxygens (including phenoxy) is 2. The summed E-state index contributed by atoms with van der Waals surface area (Å²) in [7, 11) is 0. The van der Waals surface area contributed by atoms with Crippen molar-refractivity contribution in [1.82, 2.24) is 4.90 Å². The number of carbonyl (C=O) groups excluding carboxylic acids is 2. The van der Waals surface area contributed by atoms with Crippen molar-refractivity contribution in [2.45, 2.75) is 25.8 Å². The van der Waals surface area contributed by atoms with Crippen molar-refractivity contribution in [1.29, 1.82) is 0 Å². The molecule has 1 amide bonds. The third-order valence-corrected chi connectivity index (χ3v) is 3.34. The van der Waals surface area contributed by atoms with Crippen LogP contribution in [0.2, 0.25) is 0 Å². The SMILES string of the molecule is CC(=O)OCC1CCCN1C(=O)Oc1ccc([N+](=O)[O-])cc1. The van der Waals surface area contributed by atoms with Gasteiger partial charge in [0.15, 0.2) is 0 Å². The first kappa shape index (κ1) is 15.7. The quantitative estimate of drug-likeness (QED) is 0.480. The predicted molar refractivity (Wildman–Crippen MR) is 75.5 cm³/mol. The highest BCUT2D eigenvalue weighted by Gasteiger charge is 2.31. The summed E-state index contributed by atoms with van der Waals surface area (Å²) < 4.78 is 10.1. The molecule has 0 aliphatic carbocycles. The summed E-state index contributed by atoms with van der Waals surface area (Å²) in [5, 5.41) is 10.6. The first-order valence-corrected chi connectivity index (χ1v) is 6.83. The van der Waals surface area contributed by atoms with Crippen LogP contribution in [-0.2, 0) is 9.53 Å². The zero-order valence-electron chi connectivity index (χ0n) is 12.1. The molecule has 1 aliphatic rings. The van der Waals surface area contributed by atoms with Crippen LogP contribution in [0.3, 0.4) is 0 Å². The van der Waals surface area contributed by atoms with Crippen molar-refractivity contribution >= 4 is 17.7 Å². The molecule has 1 unspecified atom stereocenters. The molecule has 8 heteroatoms. The Morgan fingerprint density at radius 3 is 2.64 bits per heavy atom. The lowest BCUT2D eigenvalue weighted by molar-refractivity contribution is -0.384. The van der Waals surface area contributed by atoms with Crippen LogP contribution in [0.1, 0.15) is 19.8 Å². The molecule has 0 spiro atoms. The Kier molecular flexibility index (Phi) is 4.92. The summed E-state index contributed by atoms with van der Waals surface area (Å²) in [5.41, 5.74) is -0.0753. The Bertz CT molecular complexity index is 571. The molecule has 1 heterocycles. The van der Waals surface area contributed by atoms with Crippen LogP contribution in [0, 0.1) is 10.1 Å². The molecule has 1 aliphatic heterocycles. The van der Waals surface area contributed by atoms with E-state index in [0.29, 0.717) is 6.54 Å². The van der Waals surface area contributed by atoms with Crippen molar-refractivity contribution < 1.29 is 24.0 Å². The molecule has 22 heavy (non-hydrogen) atoms. The maximum Gasteiger partial charge on any atom is 0.415 e. The van der Waals surface area contributed by atoms with Crippen molar-refractivity contribution in [3.8, 4) is 5.75 Å². The molecule has 1 atom stereocenters. The van der Waals surface area contributed by atoms with E-state index >= 15 is 0 Å². The predicted octanol–water partition coefficient (Wildman–Crippen LogP) is 2.12. The van der Waals surface area contributed by atoms with Crippen LogP contribution < -0.4 is 4.74 Å². The third-order valence-electron chi connectivity index (χ3n) is 3.34. The van der Waals surface area contributed by atoms with E-state index in [1.54, 1.807) is 0 Å². The van der Waals surface area contributed by atoms with Gasteiger partial charge in [-0.2, -0.15) is 0 Å². The van der Waals surface area contributed by atoms with Crippen LogP contribution in [0.5, 0.6) is 5.75 Å². The fourth-order valence-corrected chi connectivity index (χ4v) is 2.26. The van der Waals surface area contributed by atoms with E-state index in [9.17, 15) is 19.7 Å². The second-order valence-electron chi connectivity index (χ2n) is 4.91. The lowest BCUT2D eigenvalue weighted by atomic mass is 10.2. The highest BCUT2D eigenvalue weighted by molar-refractivity contribution is 5.71. The minimum atomic E-state index is -0.552. The number of nitro benzene ring substituents is 1. The highest BCUT2D eigenvalue weighted by Crippen LogP contribution is 2.22. The molecule has 1 fully saturated rings. The molecule has 118 valence electrons. The molecule has 1 aromatic carbocycles. The largest absolute Gasteiger partial charge is 0.464 e. The van der Waals surface area contributed by atoms with Gasteiger partial charge in [0.1, 0.15) is 12.4 Å². The molecule has 0 saturated carbocycles. The summed E-state index contributed by atoms with van der Waals surface area (Å²) in [6.45, 7) is 1.98. The first-order chi connectivity index (χ1) is 10.5. The van der Waals surface area contributed by atoms with Gasteiger partial charge in [-0.25, -0.2) is 4.79 Å². The number of non-ortho nitro benzene ring substituents is 1.